The van der Waals surface area contributed by atoms with Crippen LogP contribution in [0.3, 0.4) is 0 Å². The Morgan fingerprint density at radius 3 is 2.60 bits per heavy atom. The first-order chi connectivity index (χ1) is 9.17. The van der Waals surface area contributed by atoms with Crippen LogP contribution in [0, 0.1) is 0 Å². The molecule has 20 heavy (non-hydrogen) atoms. The molecule has 110 valence electrons. The minimum atomic E-state index is -1.20. The van der Waals surface area contributed by atoms with Crippen LogP contribution < -0.4 is 10.9 Å². The Hall–Kier alpha value is -2.31. The fourth-order valence-electron chi connectivity index (χ4n) is 1.50. The molecular formula is C13H18N2O5. The molecule has 0 unspecified atom stereocenters. The Balaban J connectivity index is 2.73. The van der Waals surface area contributed by atoms with Gasteiger partial charge in [-0.3, -0.25) is 4.79 Å². The number of aromatic nitrogens is 1. The van der Waals surface area contributed by atoms with Crippen LogP contribution in [0.15, 0.2) is 23.1 Å². The van der Waals surface area contributed by atoms with Crippen molar-refractivity contribution in [3.05, 3.63) is 34.2 Å². The Labute approximate surface area is 116 Å². The molecule has 3 N–H and O–H groups in total. The zero-order valence-electron chi connectivity index (χ0n) is 11.6. The molecule has 0 aliphatic carbocycles. The lowest BCUT2D eigenvalue weighted by molar-refractivity contribution is -0.139. The molecule has 1 rings (SSSR count). The van der Waals surface area contributed by atoms with Gasteiger partial charge in [0.1, 0.15) is 11.6 Å². The number of alkyl carbamates (subject to hydrolysis) is 1. The molecule has 0 bridgehead atoms. The first-order valence-electron chi connectivity index (χ1n) is 6.07. The van der Waals surface area contributed by atoms with E-state index in [0.29, 0.717) is 5.56 Å². The van der Waals surface area contributed by atoms with Crippen LogP contribution in [0.2, 0.25) is 0 Å². The van der Waals surface area contributed by atoms with Crippen molar-refractivity contribution in [3.63, 3.8) is 0 Å². The van der Waals surface area contributed by atoms with Gasteiger partial charge < -0.3 is 20.1 Å². The van der Waals surface area contributed by atoms with E-state index < -0.39 is 23.7 Å². The van der Waals surface area contributed by atoms with Gasteiger partial charge in [0.2, 0.25) is 5.56 Å². The second-order valence-corrected chi connectivity index (χ2v) is 5.30. The van der Waals surface area contributed by atoms with Crippen molar-refractivity contribution in [2.24, 2.45) is 0 Å². The predicted molar refractivity (Wildman–Crippen MR) is 71.6 cm³/mol. The fraction of sp³-hybridized carbons (Fsp3) is 0.462. The van der Waals surface area contributed by atoms with Crippen LogP contribution in [-0.4, -0.2) is 33.8 Å². The van der Waals surface area contributed by atoms with E-state index in [1.54, 1.807) is 26.8 Å². The van der Waals surface area contributed by atoms with E-state index in [9.17, 15) is 14.4 Å². The molecule has 0 fully saturated rings. The van der Waals surface area contributed by atoms with Crippen molar-refractivity contribution < 1.29 is 19.4 Å². The summed E-state index contributed by atoms with van der Waals surface area (Å²) in [6, 6.07) is 1.70. The van der Waals surface area contributed by atoms with Crippen LogP contribution in [-0.2, 0) is 16.0 Å². The predicted octanol–water partition coefficient (Wildman–Crippen LogP) is 0.895. The molecule has 1 atom stereocenters. The molecule has 1 aromatic heterocycles. The van der Waals surface area contributed by atoms with Crippen molar-refractivity contribution in [2.75, 3.05) is 0 Å². The van der Waals surface area contributed by atoms with E-state index in [1.807, 2.05) is 0 Å². The zero-order valence-corrected chi connectivity index (χ0v) is 11.6. The molecule has 0 saturated heterocycles. The maximum absolute atomic E-state index is 11.6. The molecule has 0 saturated carbocycles. The molecule has 1 amide bonds. The van der Waals surface area contributed by atoms with Crippen LogP contribution in [0.4, 0.5) is 4.79 Å². The highest BCUT2D eigenvalue weighted by Crippen LogP contribution is 2.08. The van der Waals surface area contributed by atoms with Crippen LogP contribution in [0.1, 0.15) is 26.3 Å². The number of aliphatic carboxylic acids is 1. The monoisotopic (exact) mass is 282 g/mol. The highest BCUT2D eigenvalue weighted by Gasteiger charge is 2.24. The van der Waals surface area contributed by atoms with E-state index >= 15 is 0 Å². The van der Waals surface area contributed by atoms with Gasteiger partial charge in [-0.25, -0.2) is 9.59 Å². The summed E-state index contributed by atoms with van der Waals surface area (Å²) in [6.45, 7) is 5.04. The number of carbonyl (C=O) groups excluding carboxylic acids is 1. The second-order valence-electron chi connectivity index (χ2n) is 5.30. The van der Waals surface area contributed by atoms with Crippen molar-refractivity contribution in [1.82, 2.24) is 10.3 Å². The SMILES string of the molecule is CC(C)(C)OC(=O)N[C@@H](Cc1cc[nH]c(=O)c1)C(=O)O. The normalized spacial score (nSPS) is 12.6. The third kappa shape index (κ3) is 5.55. The van der Waals surface area contributed by atoms with Gasteiger partial charge in [-0.05, 0) is 32.4 Å². The van der Waals surface area contributed by atoms with Gasteiger partial charge in [-0.15, -0.1) is 0 Å². The number of ether oxygens (including phenoxy) is 1. The van der Waals surface area contributed by atoms with E-state index in [1.165, 1.54) is 12.3 Å². The largest absolute Gasteiger partial charge is 0.480 e. The summed E-state index contributed by atoms with van der Waals surface area (Å²) in [4.78, 5) is 36.3. The van der Waals surface area contributed by atoms with E-state index in [2.05, 4.69) is 10.3 Å². The molecule has 0 aliphatic heterocycles. The standard InChI is InChI=1S/C13H18N2O5/c1-13(2,3)20-12(19)15-9(11(17)18)6-8-4-5-14-10(16)7-8/h4-5,7,9H,6H2,1-3H3,(H,14,16)(H,15,19)(H,17,18)/t9-/m0/s1. The number of H-pyrrole nitrogens is 1. The molecule has 1 heterocycles. The number of carboxylic acids is 1. The summed E-state index contributed by atoms with van der Waals surface area (Å²) in [5.74, 6) is -1.20. The van der Waals surface area contributed by atoms with Crippen molar-refractivity contribution in [3.8, 4) is 0 Å². The summed E-state index contributed by atoms with van der Waals surface area (Å²) in [6.07, 6.45) is 0.609. The number of nitrogens with one attached hydrogen (secondary N) is 2. The maximum atomic E-state index is 11.6. The first kappa shape index (κ1) is 15.7. The average molecular weight is 282 g/mol. The number of rotatable bonds is 4. The highest BCUT2D eigenvalue weighted by molar-refractivity contribution is 5.80. The second kappa shape index (κ2) is 6.23. The molecule has 0 aliphatic rings. The van der Waals surface area contributed by atoms with Gasteiger partial charge in [0, 0.05) is 18.7 Å². The van der Waals surface area contributed by atoms with E-state index in [0.717, 1.165) is 0 Å². The summed E-state index contributed by atoms with van der Waals surface area (Å²) >= 11 is 0. The molecule has 7 nitrogen and oxygen atoms in total. The zero-order chi connectivity index (χ0) is 15.3. The summed E-state index contributed by atoms with van der Waals surface area (Å²) in [7, 11) is 0. The van der Waals surface area contributed by atoms with Crippen molar-refractivity contribution >= 4 is 12.1 Å². The van der Waals surface area contributed by atoms with E-state index in [4.69, 9.17) is 9.84 Å². The highest BCUT2D eigenvalue weighted by atomic mass is 16.6. The summed E-state index contributed by atoms with van der Waals surface area (Å²) in [5.41, 5.74) is -0.530. The molecule has 0 radical (unpaired) electrons. The Morgan fingerprint density at radius 2 is 2.10 bits per heavy atom. The van der Waals surface area contributed by atoms with Gasteiger partial charge >= 0.3 is 12.1 Å². The Morgan fingerprint density at radius 1 is 1.45 bits per heavy atom. The molecule has 1 aromatic rings. The number of aromatic amines is 1. The smallest absolute Gasteiger partial charge is 0.408 e. The van der Waals surface area contributed by atoms with Crippen LogP contribution in [0.25, 0.3) is 0 Å². The lowest BCUT2D eigenvalue weighted by atomic mass is 10.1. The minimum Gasteiger partial charge on any atom is -0.480 e. The summed E-state index contributed by atoms with van der Waals surface area (Å²) in [5, 5.41) is 11.4. The molecule has 0 spiro atoms. The summed E-state index contributed by atoms with van der Waals surface area (Å²) < 4.78 is 5.00. The lowest BCUT2D eigenvalue weighted by Crippen LogP contribution is -2.44. The van der Waals surface area contributed by atoms with Gasteiger partial charge in [0.15, 0.2) is 0 Å². The average Bonchev–Trinajstić information content (AvgIpc) is 2.25. The third-order valence-corrected chi connectivity index (χ3v) is 2.27. The first-order valence-corrected chi connectivity index (χ1v) is 6.07. The molecular weight excluding hydrogens is 264 g/mol. The lowest BCUT2D eigenvalue weighted by Gasteiger charge is -2.22. The fourth-order valence-corrected chi connectivity index (χ4v) is 1.50. The number of pyridine rings is 1. The Bertz CT molecular complexity index is 544. The molecule has 7 heteroatoms. The third-order valence-electron chi connectivity index (χ3n) is 2.27. The van der Waals surface area contributed by atoms with Crippen LogP contribution >= 0.6 is 0 Å². The number of hydrogen-bond donors (Lipinski definition) is 3. The van der Waals surface area contributed by atoms with Gasteiger partial charge in [-0.2, -0.15) is 0 Å². The number of carbonyl (C=O) groups is 2. The van der Waals surface area contributed by atoms with Crippen molar-refractivity contribution in [2.45, 2.75) is 38.8 Å². The molecule has 0 aromatic carbocycles. The Kier molecular flexibility index (Phi) is 4.90. The number of carboxylic acid groups (broad SMARTS) is 1. The van der Waals surface area contributed by atoms with Crippen molar-refractivity contribution in [1.29, 1.82) is 0 Å². The minimum absolute atomic E-state index is 0.00149. The van der Waals surface area contributed by atoms with Gasteiger partial charge in [0.25, 0.3) is 0 Å². The van der Waals surface area contributed by atoms with Gasteiger partial charge in [-0.1, -0.05) is 0 Å². The van der Waals surface area contributed by atoms with E-state index in [-0.39, 0.29) is 12.0 Å². The number of hydrogen-bond acceptors (Lipinski definition) is 4. The topological polar surface area (TPSA) is 108 Å². The maximum Gasteiger partial charge on any atom is 0.408 e. The quantitative estimate of drug-likeness (QED) is 0.760. The number of amides is 1. The van der Waals surface area contributed by atoms with Crippen LogP contribution in [0.5, 0.6) is 0 Å². The van der Waals surface area contributed by atoms with Gasteiger partial charge in [0.05, 0.1) is 0 Å².